The summed E-state index contributed by atoms with van der Waals surface area (Å²) in [6.45, 7) is 0. The van der Waals surface area contributed by atoms with Crippen molar-refractivity contribution < 1.29 is 36.6 Å². The van der Waals surface area contributed by atoms with Gasteiger partial charge in [-0.15, -0.1) is 0 Å². The molecule has 2 rings (SSSR count). The Morgan fingerprint density at radius 3 is 1.22 bits per heavy atom. The van der Waals surface area contributed by atoms with Crippen LogP contribution in [0.1, 0.15) is 11.1 Å². The zero-order valence-corrected chi connectivity index (χ0v) is 14.4. The van der Waals surface area contributed by atoms with Gasteiger partial charge in [0.05, 0.1) is 11.4 Å². The number of nitrogens with two attached hydrogens (primary N) is 2. The predicted molar refractivity (Wildman–Crippen MR) is 87.9 cm³/mol. The third-order valence-corrected chi connectivity index (χ3v) is 4.52. The van der Waals surface area contributed by atoms with Crippen molar-refractivity contribution in [2.45, 2.75) is 17.8 Å². The summed E-state index contributed by atoms with van der Waals surface area (Å²) in [6.07, 6.45) is -12.0. The van der Waals surface area contributed by atoms with E-state index in [1.54, 1.807) is 0 Å². The molecule has 0 fully saturated rings. The molecule has 0 atom stereocenters. The number of anilines is 2. The molecule has 27 heavy (non-hydrogen) atoms. The second kappa shape index (κ2) is 6.45. The molecule has 0 aliphatic heterocycles. The zero-order valence-electron chi connectivity index (χ0n) is 12.9. The number of nitrogen functional groups attached to an aromatic ring is 2. The van der Waals surface area contributed by atoms with Gasteiger partial charge in [-0.3, -0.25) is 0 Å². The quantitative estimate of drug-likeness (QED) is 0.304. The highest BCUT2D eigenvalue weighted by atomic mass is 35.5. The number of hydrogen-bond donors (Lipinski definition) is 4. The second-order valence-corrected chi connectivity index (χ2v) is 6.34. The molecule has 0 bridgehead atoms. The Hall–Kier alpha value is -2.20. The number of phenols is 2. The van der Waals surface area contributed by atoms with Crippen LogP contribution in [0, 0.1) is 0 Å². The van der Waals surface area contributed by atoms with E-state index in [2.05, 4.69) is 0 Å². The summed E-state index contributed by atoms with van der Waals surface area (Å²) >= 11 is 11.3. The summed E-state index contributed by atoms with van der Waals surface area (Å²) in [6, 6.07) is 1.43. The summed E-state index contributed by atoms with van der Waals surface area (Å²) in [7, 11) is 0. The zero-order chi connectivity index (χ0) is 20.9. The number of benzene rings is 2. The number of phenolic OH excluding ortho intramolecular Hbond substituents is 2. The standard InChI is InChI=1S/C15H10Cl2F6N2O2/c16-7-3-11(26)9(24)1-5(7)13(14(18,19)20,15(21,22)23)6-2-10(25)12(27)4-8(6)17/h1-4,26-27H,24-25H2. The van der Waals surface area contributed by atoms with Crippen molar-refractivity contribution in [1.29, 1.82) is 0 Å². The Morgan fingerprint density at radius 2 is 0.963 bits per heavy atom. The highest BCUT2D eigenvalue weighted by Gasteiger charge is 2.73. The van der Waals surface area contributed by atoms with Crippen molar-refractivity contribution in [3.05, 3.63) is 45.4 Å². The lowest BCUT2D eigenvalue weighted by atomic mass is 9.72. The number of alkyl halides is 6. The largest absolute Gasteiger partial charge is 0.506 e. The molecule has 148 valence electrons. The van der Waals surface area contributed by atoms with Crippen molar-refractivity contribution in [2.75, 3.05) is 11.5 Å². The van der Waals surface area contributed by atoms with Crippen LogP contribution in [0.25, 0.3) is 0 Å². The van der Waals surface area contributed by atoms with Crippen molar-refractivity contribution in [3.63, 3.8) is 0 Å². The predicted octanol–water partition coefficient (Wildman–Crippen LogP) is 4.98. The van der Waals surface area contributed by atoms with Gasteiger partial charge >= 0.3 is 12.4 Å². The minimum absolute atomic E-state index is 0.262. The lowest BCUT2D eigenvalue weighted by Crippen LogP contribution is -2.55. The molecule has 0 amide bonds. The first-order valence-electron chi connectivity index (χ1n) is 6.85. The van der Waals surface area contributed by atoms with Crippen LogP contribution in [0.2, 0.25) is 10.0 Å². The molecule has 0 spiro atoms. The van der Waals surface area contributed by atoms with Gasteiger partial charge in [0.15, 0.2) is 0 Å². The topological polar surface area (TPSA) is 92.5 Å². The minimum atomic E-state index is -6.01. The second-order valence-electron chi connectivity index (χ2n) is 5.53. The normalized spacial score (nSPS) is 13.0. The summed E-state index contributed by atoms with van der Waals surface area (Å²) < 4.78 is 84.1. The van der Waals surface area contributed by atoms with E-state index in [0.717, 1.165) is 0 Å². The van der Waals surface area contributed by atoms with Gasteiger partial charge in [-0.2, -0.15) is 26.3 Å². The minimum Gasteiger partial charge on any atom is -0.506 e. The van der Waals surface area contributed by atoms with E-state index < -0.39 is 61.8 Å². The highest BCUT2D eigenvalue weighted by Crippen LogP contribution is 2.60. The molecule has 0 unspecified atom stereocenters. The fourth-order valence-electron chi connectivity index (χ4n) is 2.65. The Labute approximate surface area is 157 Å². The average molecular weight is 435 g/mol. The molecular weight excluding hydrogens is 425 g/mol. The Kier molecular flexibility index (Phi) is 5.04. The van der Waals surface area contributed by atoms with Gasteiger partial charge in [0, 0.05) is 33.3 Å². The van der Waals surface area contributed by atoms with Gasteiger partial charge in [0.25, 0.3) is 0 Å². The first kappa shape index (κ1) is 21.1. The Bertz CT molecular complexity index is 826. The van der Waals surface area contributed by atoms with Gasteiger partial charge in [-0.05, 0) is 12.1 Å². The molecule has 0 saturated heterocycles. The summed E-state index contributed by atoms with van der Waals surface area (Å²) in [5, 5.41) is 16.8. The molecule has 0 aromatic heterocycles. The van der Waals surface area contributed by atoms with Crippen molar-refractivity contribution in [3.8, 4) is 11.5 Å². The molecule has 2 aromatic carbocycles. The van der Waals surface area contributed by atoms with E-state index in [1.165, 1.54) is 0 Å². The summed E-state index contributed by atoms with van der Waals surface area (Å²) in [5.74, 6) is -1.61. The first-order valence-corrected chi connectivity index (χ1v) is 7.60. The van der Waals surface area contributed by atoms with Crippen LogP contribution in [-0.2, 0) is 5.41 Å². The van der Waals surface area contributed by atoms with Gasteiger partial charge in [0.1, 0.15) is 11.5 Å². The van der Waals surface area contributed by atoms with E-state index in [-0.39, 0.29) is 12.1 Å². The maximum absolute atomic E-state index is 14.0. The molecule has 4 nitrogen and oxygen atoms in total. The molecule has 0 aliphatic carbocycles. The fourth-order valence-corrected chi connectivity index (χ4v) is 3.25. The van der Waals surface area contributed by atoms with Crippen molar-refractivity contribution in [1.82, 2.24) is 0 Å². The maximum atomic E-state index is 14.0. The molecule has 0 saturated carbocycles. The fraction of sp³-hybridized carbons (Fsp3) is 0.200. The number of rotatable bonds is 2. The van der Waals surface area contributed by atoms with Crippen LogP contribution in [0.4, 0.5) is 37.7 Å². The van der Waals surface area contributed by atoms with Crippen LogP contribution in [0.5, 0.6) is 11.5 Å². The van der Waals surface area contributed by atoms with E-state index in [1.807, 2.05) is 0 Å². The van der Waals surface area contributed by atoms with Gasteiger partial charge < -0.3 is 21.7 Å². The van der Waals surface area contributed by atoms with Crippen molar-refractivity contribution >= 4 is 34.6 Å². The lowest BCUT2D eigenvalue weighted by molar-refractivity contribution is -0.288. The smallest absolute Gasteiger partial charge is 0.411 e. The molecule has 2 aromatic rings. The van der Waals surface area contributed by atoms with Gasteiger partial charge in [-0.1, -0.05) is 23.2 Å². The Morgan fingerprint density at radius 1 is 0.667 bits per heavy atom. The van der Waals surface area contributed by atoms with Crippen LogP contribution in [0.3, 0.4) is 0 Å². The number of aromatic hydroxyl groups is 2. The molecule has 12 heteroatoms. The molecule has 0 radical (unpaired) electrons. The molecule has 0 aliphatic rings. The highest BCUT2D eigenvalue weighted by molar-refractivity contribution is 6.33. The van der Waals surface area contributed by atoms with Crippen LogP contribution in [-0.4, -0.2) is 22.6 Å². The molecular formula is C15H10Cl2F6N2O2. The SMILES string of the molecule is Nc1cc(C(c2cc(N)c(O)cc2Cl)(C(F)(F)F)C(F)(F)F)c(Cl)cc1O. The summed E-state index contributed by atoms with van der Waals surface area (Å²) in [4.78, 5) is 0. The third-order valence-electron chi connectivity index (χ3n) is 3.89. The lowest BCUT2D eigenvalue weighted by Gasteiger charge is -2.39. The van der Waals surface area contributed by atoms with E-state index in [0.29, 0.717) is 12.1 Å². The average Bonchev–Trinajstić information content (AvgIpc) is 2.47. The first-order chi connectivity index (χ1) is 12.1. The van der Waals surface area contributed by atoms with Gasteiger partial charge in [-0.25, -0.2) is 0 Å². The van der Waals surface area contributed by atoms with Crippen LogP contribution < -0.4 is 11.5 Å². The number of halogens is 8. The molecule has 6 N–H and O–H groups in total. The van der Waals surface area contributed by atoms with Crippen LogP contribution in [0.15, 0.2) is 24.3 Å². The monoisotopic (exact) mass is 434 g/mol. The maximum Gasteiger partial charge on any atom is 0.411 e. The summed E-state index contributed by atoms with van der Waals surface area (Å²) in [5.41, 5.74) is 1.31. The Balaban J connectivity index is 3.12. The van der Waals surface area contributed by atoms with E-state index in [9.17, 15) is 36.6 Å². The molecule has 0 heterocycles. The number of hydrogen-bond acceptors (Lipinski definition) is 4. The van der Waals surface area contributed by atoms with E-state index >= 15 is 0 Å². The van der Waals surface area contributed by atoms with Crippen molar-refractivity contribution in [2.24, 2.45) is 0 Å². The third kappa shape index (κ3) is 3.16. The van der Waals surface area contributed by atoms with Gasteiger partial charge in [0.2, 0.25) is 5.41 Å². The van der Waals surface area contributed by atoms with E-state index in [4.69, 9.17) is 34.7 Å². The van der Waals surface area contributed by atoms with Crippen LogP contribution >= 0.6 is 23.2 Å².